The molecule has 0 saturated heterocycles. The molecule has 1 aromatic rings. The van der Waals surface area contributed by atoms with Crippen molar-refractivity contribution in [1.82, 2.24) is 5.32 Å². The summed E-state index contributed by atoms with van der Waals surface area (Å²) >= 11 is 3.44. The van der Waals surface area contributed by atoms with Gasteiger partial charge in [0.2, 0.25) is 0 Å². The van der Waals surface area contributed by atoms with E-state index in [0.717, 1.165) is 49.8 Å². The molecule has 2 aliphatic rings. The molecule has 1 amide bonds. The van der Waals surface area contributed by atoms with Crippen LogP contribution in [-0.2, 0) is 11.0 Å². The number of carbonyl (C=O) groups excluding carboxylic acids is 1. The van der Waals surface area contributed by atoms with Gasteiger partial charge in [0.15, 0.2) is 0 Å². The Kier molecular flexibility index (Phi) is 4.29. The summed E-state index contributed by atoms with van der Waals surface area (Å²) in [6.07, 6.45) is 0.457. The largest absolute Gasteiger partial charge is 0.416 e. The third-order valence-electron chi connectivity index (χ3n) is 4.78. The summed E-state index contributed by atoms with van der Waals surface area (Å²) in [6.45, 7) is 0. The van der Waals surface area contributed by atoms with Gasteiger partial charge in [-0.05, 0) is 36.1 Å². The van der Waals surface area contributed by atoms with Gasteiger partial charge in [-0.3, -0.25) is 4.79 Å². The van der Waals surface area contributed by atoms with Gasteiger partial charge in [-0.2, -0.15) is 13.2 Å². The second-order valence-electron chi connectivity index (χ2n) is 6.16. The van der Waals surface area contributed by atoms with Crippen molar-refractivity contribution < 1.29 is 18.0 Å². The number of hydrogen-bond donors (Lipinski definition) is 1. The summed E-state index contributed by atoms with van der Waals surface area (Å²) in [4.78, 5) is 12.5. The topological polar surface area (TPSA) is 29.1 Å². The van der Waals surface area contributed by atoms with E-state index in [4.69, 9.17) is 0 Å². The van der Waals surface area contributed by atoms with E-state index in [2.05, 4.69) is 21.2 Å². The van der Waals surface area contributed by atoms with Crippen LogP contribution in [0.4, 0.5) is 13.2 Å². The SMILES string of the molecule is O=C1NC2(CCCCC2)C(CBr)=C1c1cccc(C(F)(F)F)c1. The minimum absolute atomic E-state index is 0.263. The number of rotatable bonds is 2. The van der Waals surface area contributed by atoms with E-state index in [1.807, 2.05) is 0 Å². The molecule has 1 spiro atoms. The minimum Gasteiger partial charge on any atom is -0.343 e. The number of hydrogen-bond acceptors (Lipinski definition) is 1. The molecule has 1 aromatic carbocycles. The lowest BCUT2D eigenvalue weighted by Gasteiger charge is -2.35. The van der Waals surface area contributed by atoms with Gasteiger partial charge in [0, 0.05) is 10.9 Å². The van der Waals surface area contributed by atoms with Gasteiger partial charge in [0.25, 0.3) is 5.91 Å². The van der Waals surface area contributed by atoms with Crippen LogP contribution >= 0.6 is 15.9 Å². The second-order valence-corrected chi connectivity index (χ2v) is 6.72. The quantitative estimate of drug-likeness (QED) is 0.732. The zero-order valence-corrected chi connectivity index (χ0v) is 14.1. The molecule has 0 aromatic heterocycles. The Bertz CT molecular complexity index is 660. The Balaban J connectivity index is 2.09. The van der Waals surface area contributed by atoms with Gasteiger partial charge in [-0.1, -0.05) is 47.3 Å². The van der Waals surface area contributed by atoms with Gasteiger partial charge in [-0.25, -0.2) is 0 Å². The summed E-state index contributed by atoms with van der Waals surface area (Å²) in [5, 5.41) is 3.54. The molecule has 1 saturated carbocycles. The Labute approximate surface area is 141 Å². The van der Waals surface area contributed by atoms with Crippen LogP contribution in [0.5, 0.6) is 0 Å². The van der Waals surface area contributed by atoms with Crippen LogP contribution in [-0.4, -0.2) is 16.8 Å². The molecule has 6 heteroatoms. The second kappa shape index (κ2) is 5.96. The summed E-state index contributed by atoms with van der Waals surface area (Å²) in [7, 11) is 0. The predicted molar refractivity (Wildman–Crippen MR) is 86.1 cm³/mol. The van der Waals surface area contributed by atoms with Crippen LogP contribution in [0.1, 0.15) is 43.2 Å². The van der Waals surface area contributed by atoms with Gasteiger partial charge in [-0.15, -0.1) is 0 Å². The zero-order valence-electron chi connectivity index (χ0n) is 12.5. The first kappa shape index (κ1) is 16.6. The van der Waals surface area contributed by atoms with Gasteiger partial charge < -0.3 is 5.32 Å². The molecule has 2 nitrogen and oxygen atoms in total. The Morgan fingerprint density at radius 3 is 2.48 bits per heavy atom. The van der Waals surface area contributed by atoms with Crippen LogP contribution in [0.2, 0.25) is 0 Å². The molecule has 0 radical (unpaired) electrons. The van der Waals surface area contributed by atoms with Gasteiger partial charge >= 0.3 is 6.18 Å². The molecular formula is C17H17BrF3NO. The monoisotopic (exact) mass is 387 g/mol. The number of alkyl halides is 4. The van der Waals surface area contributed by atoms with Crippen molar-refractivity contribution in [2.75, 3.05) is 5.33 Å². The van der Waals surface area contributed by atoms with E-state index in [9.17, 15) is 18.0 Å². The fraction of sp³-hybridized carbons (Fsp3) is 0.471. The average Bonchev–Trinajstić information content (AvgIpc) is 2.78. The molecule has 23 heavy (non-hydrogen) atoms. The van der Waals surface area contributed by atoms with Crippen molar-refractivity contribution in [2.45, 2.75) is 43.8 Å². The van der Waals surface area contributed by atoms with Crippen molar-refractivity contribution in [3.05, 3.63) is 41.0 Å². The highest BCUT2D eigenvalue weighted by atomic mass is 79.9. The molecule has 3 rings (SSSR count). The lowest BCUT2D eigenvalue weighted by atomic mass is 9.77. The molecule has 1 heterocycles. The Morgan fingerprint density at radius 2 is 1.87 bits per heavy atom. The zero-order chi connectivity index (χ0) is 16.7. The number of benzene rings is 1. The highest BCUT2D eigenvalue weighted by Crippen LogP contribution is 2.43. The van der Waals surface area contributed by atoms with Crippen molar-refractivity contribution >= 4 is 27.4 Å². The number of carbonyl (C=O) groups is 1. The van der Waals surface area contributed by atoms with E-state index in [-0.39, 0.29) is 11.4 Å². The molecular weight excluding hydrogens is 371 g/mol. The molecule has 124 valence electrons. The fourth-order valence-corrected chi connectivity index (χ4v) is 4.48. The highest BCUT2D eigenvalue weighted by Gasteiger charge is 2.45. The minimum atomic E-state index is -4.41. The van der Waals surface area contributed by atoms with Crippen LogP contribution in [0.3, 0.4) is 0 Å². The average molecular weight is 388 g/mol. The number of nitrogens with one attached hydrogen (secondary N) is 1. The molecule has 1 aliphatic carbocycles. The van der Waals surface area contributed by atoms with Crippen LogP contribution < -0.4 is 5.32 Å². The first-order valence-electron chi connectivity index (χ1n) is 7.67. The standard InChI is InChI=1S/C17H17BrF3NO/c18-10-13-14(11-5-4-6-12(9-11)17(19,20)21)15(23)22-16(13)7-2-1-3-8-16/h4-6,9H,1-3,7-8,10H2,(H,22,23). The first-order chi connectivity index (χ1) is 10.9. The third kappa shape index (κ3) is 2.93. The fourth-order valence-electron chi connectivity index (χ4n) is 3.66. The van der Waals surface area contributed by atoms with Crippen molar-refractivity contribution in [3.8, 4) is 0 Å². The predicted octanol–water partition coefficient (Wildman–Crippen LogP) is 4.69. The lowest BCUT2D eigenvalue weighted by Crippen LogP contribution is -2.46. The highest BCUT2D eigenvalue weighted by molar-refractivity contribution is 9.09. The van der Waals surface area contributed by atoms with Crippen LogP contribution in [0.15, 0.2) is 29.8 Å². The summed E-state index contributed by atoms with van der Waals surface area (Å²) in [6, 6.07) is 5.03. The van der Waals surface area contributed by atoms with Crippen molar-refractivity contribution in [2.24, 2.45) is 0 Å². The molecule has 1 fully saturated rings. The van der Waals surface area contributed by atoms with Gasteiger partial charge in [0.05, 0.1) is 11.1 Å². The summed E-state index contributed by atoms with van der Waals surface area (Å²) < 4.78 is 38.9. The number of halogens is 4. The first-order valence-corrected chi connectivity index (χ1v) is 8.79. The molecule has 0 bridgehead atoms. The van der Waals surface area contributed by atoms with Crippen LogP contribution in [0, 0.1) is 0 Å². The smallest absolute Gasteiger partial charge is 0.343 e. The maximum Gasteiger partial charge on any atom is 0.416 e. The van der Waals surface area contributed by atoms with Gasteiger partial charge in [0.1, 0.15) is 0 Å². The normalized spacial score (nSPS) is 21.0. The Morgan fingerprint density at radius 1 is 1.17 bits per heavy atom. The molecule has 1 N–H and O–H groups in total. The third-order valence-corrected chi connectivity index (χ3v) is 5.34. The molecule has 1 aliphatic heterocycles. The maximum absolute atomic E-state index is 13.0. The molecule has 0 unspecified atom stereocenters. The van der Waals surface area contributed by atoms with E-state index in [1.165, 1.54) is 6.07 Å². The van der Waals surface area contributed by atoms with E-state index in [1.54, 1.807) is 6.07 Å². The van der Waals surface area contributed by atoms with Crippen LogP contribution in [0.25, 0.3) is 5.57 Å². The lowest BCUT2D eigenvalue weighted by molar-refractivity contribution is -0.137. The number of amides is 1. The molecule has 0 atom stereocenters. The summed E-state index contributed by atoms with van der Waals surface area (Å²) in [5.41, 5.74) is 0.516. The maximum atomic E-state index is 13.0. The van der Waals surface area contributed by atoms with Crippen molar-refractivity contribution in [3.63, 3.8) is 0 Å². The summed E-state index contributed by atoms with van der Waals surface area (Å²) in [5.74, 6) is -0.263. The van der Waals surface area contributed by atoms with E-state index < -0.39 is 11.7 Å². The van der Waals surface area contributed by atoms with E-state index >= 15 is 0 Å². The van der Waals surface area contributed by atoms with E-state index in [0.29, 0.717) is 16.5 Å². The Hall–Kier alpha value is -1.30. The van der Waals surface area contributed by atoms with Crippen molar-refractivity contribution in [1.29, 1.82) is 0 Å².